The minimum atomic E-state index is -0.394. The predicted octanol–water partition coefficient (Wildman–Crippen LogP) is 1.93. The fourth-order valence-corrected chi connectivity index (χ4v) is 2.19. The molecule has 0 unspecified atom stereocenters. The van der Waals surface area contributed by atoms with Gasteiger partial charge in [0.05, 0.1) is 18.1 Å². The first kappa shape index (κ1) is 12.7. The number of nitrogens with zero attached hydrogens (tertiary/aromatic N) is 1. The summed E-state index contributed by atoms with van der Waals surface area (Å²) in [7, 11) is 0. The smallest absolute Gasteiger partial charge is 0.273 e. The van der Waals surface area contributed by atoms with Crippen LogP contribution in [0.1, 0.15) is 17.5 Å². The molecule has 96 valence electrons. The number of nitro groups is 1. The molecular formula is C13H15NO4. The van der Waals surface area contributed by atoms with Crippen molar-refractivity contribution in [3.63, 3.8) is 0 Å². The molecule has 0 radical (unpaired) electrons. The molecule has 1 aromatic rings. The Morgan fingerprint density at radius 1 is 1.44 bits per heavy atom. The van der Waals surface area contributed by atoms with Gasteiger partial charge in [-0.3, -0.25) is 10.1 Å². The SMILES string of the molecule is O=[N+]([O-])c1cccc(C2=CCOCC2)c1CCO. The molecule has 0 saturated carbocycles. The molecule has 0 atom stereocenters. The van der Waals surface area contributed by atoms with Crippen molar-refractivity contribution < 1.29 is 14.8 Å². The van der Waals surface area contributed by atoms with E-state index in [2.05, 4.69) is 0 Å². The minimum absolute atomic E-state index is 0.0777. The molecule has 0 aliphatic carbocycles. The van der Waals surface area contributed by atoms with Crippen molar-refractivity contribution in [2.24, 2.45) is 0 Å². The van der Waals surface area contributed by atoms with E-state index in [4.69, 9.17) is 9.84 Å². The van der Waals surface area contributed by atoms with E-state index in [1.54, 1.807) is 6.07 Å². The fraction of sp³-hybridized carbons (Fsp3) is 0.385. The highest BCUT2D eigenvalue weighted by atomic mass is 16.6. The van der Waals surface area contributed by atoms with Gasteiger partial charge >= 0.3 is 0 Å². The standard InChI is InChI=1S/C13H15NO4/c15-7-4-12-11(10-5-8-18-9-6-10)2-1-3-13(12)14(16)17/h1-3,5,15H,4,6-9H2. The van der Waals surface area contributed by atoms with Crippen LogP contribution < -0.4 is 0 Å². The van der Waals surface area contributed by atoms with Gasteiger partial charge in [0.1, 0.15) is 0 Å². The van der Waals surface area contributed by atoms with E-state index in [0.717, 1.165) is 17.6 Å². The predicted molar refractivity (Wildman–Crippen MR) is 67.3 cm³/mol. The van der Waals surface area contributed by atoms with Gasteiger partial charge in [0.15, 0.2) is 0 Å². The molecular weight excluding hydrogens is 234 g/mol. The Balaban J connectivity index is 2.48. The van der Waals surface area contributed by atoms with Crippen LogP contribution in [0, 0.1) is 10.1 Å². The van der Waals surface area contributed by atoms with Crippen molar-refractivity contribution in [3.8, 4) is 0 Å². The van der Waals surface area contributed by atoms with E-state index in [0.29, 0.717) is 25.2 Å². The monoisotopic (exact) mass is 249 g/mol. The van der Waals surface area contributed by atoms with E-state index in [1.807, 2.05) is 12.1 Å². The molecule has 1 aliphatic rings. The van der Waals surface area contributed by atoms with E-state index in [1.165, 1.54) is 6.07 Å². The first-order valence-corrected chi connectivity index (χ1v) is 5.88. The molecule has 5 heteroatoms. The Morgan fingerprint density at radius 3 is 2.89 bits per heavy atom. The summed E-state index contributed by atoms with van der Waals surface area (Å²) in [5.74, 6) is 0. The van der Waals surface area contributed by atoms with Gasteiger partial charge in [-0.1, -0.05) is 18.2 Å². The number of hydrogen-bond acceptors (Lipinski definition) is 4. The molecule has 1 heterocycles. The Hall–Kier alpha value is -1.72. The Morgan fingerprint density at radius 2 is 2.28 bits per heavy atom. The third-order valence-electron chi connectivity index (χ3n) is 3.02. The molecule has 0 amide bonds. The minimum Gasteiger partial charge on any atom is -0.396 e. The van der Waals surface area contributed by atoms with E-state index in [9.17, 15) is 10.1 Å². The third-order valence-corrected chi connectivity index (χ3v) is 3.02. The summed E-state index contributed by atoms with van der Waals surface area (Å²) in [6.07, 6.45) is 2.99. The molecule has 0 spiro atoms. The summed E-state index contributed by atoms with van der Waals surface area (Å²) in [5.41, 5.74) is 2.61. The van der Waals surface area contributed by atoms with Crippen LogP contribution in [-0.2, 0) is 11.2 Å². The highest BCUT2D eigenvalue weighted by Gasteiger charge is 2.19. The van der Waals surface area contributed by atoms with Crippen LogP contribution >= 0.6 is 0 Å². The summed E-state index contributed by atoms with van der Waals surface area (Å²) < 4.78 is 5.24. The van der Waals surface area contributed by atoms with Gasteiger partial charge < -0.3 is 9.84 Å². The molecule has 18 heavy (non-hydrogen) atoms. The molecule has 0 aromatic heterocycles. The van der Waals surface area contributed by atoms with Crippen molar-refractivity contribution >= 4 is 11.3 Å². The highest BCUT2D eigenvalue weighted by Crippen LogP contribution is 2.30. The van der Waals surface area contributed by atoms with Gasteiger partial charge in [-0.05, 0) is 17.6 Å². The van der Waals surface area contributed by atoms with E-state index >= 15 is 0 Å². The number of ether oxygens (including phenoxy) is 1. The Labute approximate surface area is 105 Å². The molecule has 5 nitrogen and oxygen atoms in total. The summed E-state index contributed by atoms with van der Waals surface area (Å²) in [6.45, 7) is 1.07. The lowest BCUT2D eigenvalue weighted by Crippen LogP contribution is -2.08. The lowest BCUT2D eigenvalue weighted by atomic mass is 9.93. The average molecular weight is 249 g/mol. The van der Waals surface area contributed by atoms with Crippen molar-refractivity contribution in [1.29, 1.82) is 0 Å². The molecule has 2 rings (SSSR count). The summed E-state index contributed by atoms with van der Waals surface area (Å²) in [6, 6.07) is 5.04. The molecule has 1 aromatic carbocycles. The third kappa shape index (κ3) is 2.57. The zero-order valence-corrected chi connectivity index (χ0v) is 9.96. The first-order chi connectivity index (χ1) is 8.74. The van der Waals surface area contributed by atoms with Crippen LogP contribution in [-0.4, -0.2) is 29.9 Å². The molecule has 1 aliphatic heterocycles. The van der Waals surface area contributed by atoms with Gasteiger partial charge in [-0.25, -0.2) is 0 Å². The van der Waals surface area contributed by atoms with Gasteiger partial charge in [0.25, 0.3) is 5.69 Å². The second-order valence-corrected chi connectivity index (χ2v) is 4.09. The molecule has 0 bridgehead atoms. The Bertz CT molecular complexity index is 482. The summed E-state index contributed by atoms with van der Waals surface area (Å²) in [5, 5.41) is 20.1. The highest BCUT2D eigenvalue weighted by molar-refractivity contribution is 5.72. The van der Waals surface area contributed by atoms with Crippen LogP contribution in [0.4, 0.5) is 5.69 Å². The zero-order valence-electron chi connectivity index (χ0n) is 9.96. The number of rotatable bonds is 4. The van der Waals surface area contributed by atoms with Crippen LogP contribution in [0.15, 0.2) is 24.3 Å². The van der Waals surface area contributed by atoms with Gasteiger partial charge in [-0.2, -0.15) is 0 Å². The molecule has 0 saturated heterocycles. The van der Waals surface area contributed by atoms with Gasteiger partial charge in [0.2, 0.25) is 0 Å². The lowest BCUT2D eigenvalue weighted by molar-refractivity contribution is -0.385. The van der Waals surface area contributed by atoms with Crippen LogP contribution in [0.25, 0.3) is 5.57 Å². The number of aliphatic hydroxyl groups excluding tert-OH is 1. The second kappa shape index (κ2) is 5.75. The average Bonchev–Trinajstić information content (AvgIpc) is 2.40. The van der Waals surface area contributed by atoms with Crippen molar-refractivity contribution in [1.82, 2.24) is 0 Å². The maximum Gasteiger partial charge on any atom is 0.273 e. The van der Waals surface area contributed by atoms with Crippen molar-refractivity contribution in [3.05, 3.63) is 45.5 Å². The number of aliphatic hydroxyl groups is 1. The van der Waals surface area contributed by atoms with Crippen LogP contribution in [0.3, 0.4) is 0 Å². The van der Waals surface area contributed by atoms with E-state index in [-0.39, 0.29) is 12.3 Å². The fourth-order valence-electron chi connectivity index (χ4n) is 2.19. The van der Waals surface area contributed by atoms with E-state index < -0.39 is 4.92 Å². The normalized spacial score (nSPS) is 15.3. The number of hydrogen-bond donors (Lipinski definition) is 1. The quantitative estimate of drug-likeness (QED) is 0.653. The molecule has 1 N–H and O–H groups in total. The summed E-state index contributed by atoms with van der Waals surface area (Å²) >= 11 is 0. The largest absolute Gasteiger partial charge is 0.396 e. The van der Waals surface area contributed by atoms with Gasteiger partial charge in [-0.15, -0.1) is 0 Å². The molecule has 0 fully saturated rings. The van der Waals surface area contributed by atoms with Crippen LogP contribution in [0.5, 0.6) is 0 Å². The van der Waals surface area contributed by atoms with Crippen molar-refractivity contribution in [2.75, 3.05) is 19.8 Å². The summed E-state index contributed by atoms with van der Waals surface area (Å²) in [4.78, 5) is 10.6. The second-order valence-electron chi connectivity index (χ2n) is 4.09. The lowest BCUT2D eigenvalue weighted by Gasteiger charge is -2.16. The van der Waals surface area contributed by atoms with Crippen LogP contribution in [0.2, 0.25) is 0 Å². The zero-order chi connectivity index (χ0) is 13.0. The van der Waals surface area contributed by atoms with Gasteiger partial charge in [0, 0.05) is 24.7 Å². The number of nitro benzene ring substituents is 1. The maximum atomic E-state index is 11.0. The Kier molecular flexibility index (Phi) is 4.07. The number of benzene rings is 1. The first-order valence-electron chi connectivity index (χ1n) is 5.88. The topological polar surface area (TPSA) is 72.6 Å². The van der Waals surface area contributed by atoms with Crippen molar-refractivity contribution in [2.45, 2.75) is 12.8 Å². The maximum absolute atomic E-state index is 11.0.